The van der Waals surface area contributed by atoms with Gasteiger partial charge in [-0.1, -0.05) is 32.1 Å². The number of rotatable bonds is 5. The number of carboxylic acid groups (broad SMARTS) is 1. The highest BCUT2D eigenvalue weighted by Gasteiger charge is 2.37. The molecule has 0 spiro atoms. The van der Waals surface area contributed by atoms with E-state index < -0.39 is 23.8 Å². The summed E-state index contributed by atoms with van der Waals surface area (Å²) in [7, 11) is 0. The molecule has 7 heteroatoms. The minimum atomic E-state index is -0.912. The van der Waals surface area contributed by atoms with Crippen molar-refractivity contribution in [1.82, 2.24) is 0 Å². The number of carboxylic acids is 1. The van der Waals surface area contributed by atoms with Crippen LogP contribution in [-0.4, -0.2) is 29.6 Å². The Morgan fingerprint density at radius 2 is 1.66 bits per heavy atom. The molecule has 2 atom stereocenters. The number of esters is 1. The summed E-state index contributed by atoms with van der Waals surface area (Å²) in [5.41, 5.74) is 1.51. The number of hydrogen-bond acceptors (Lipinski definition) is 5. The Balaban J connectivity index is 1.89. The molecule has 3 rings (SSSR count). The number of carbonyl (C=O) groups is 3. The smallest absolute Gasteiger partial charge is 0.341 e. The minimum absolute atomic E-state index is 0.278. The first kappa shape index (κ1) is 21.8. The Hall–Kier alpha value is -1.89. The van der Waals surface area contributed by atoms with Gasteiger partial charge in [-0.25, -0.2) is 4.79 Å². The Labute approximate surface area is 176 Å². The molecule has 1 fully saturated rings. The van der Waals surface area contributed by atoms with Crippen LogP contribution in [0.4, 0.5) is 5.00 Å². The van der Waals surface area contributed by atoms with Gasteiger partial charge in [-0.3, -0.25) is 9.59 Å². The van der Waals surface area contributed by atoms with E-state index in [2.05, 4.69) is 5.32 Å². The normalized spacial score (nSPS) is 22.5. The van der Waals surface area contributed by atoms with E-state index >= 15 is 0 Å². The molecule has 2 aliphatic rings. The number of amides is 1. The van der Waals surface area contributed by atoms with Gasteiger partial charge < -0.3 is 15.2 Å². The van der Waals surface area contributed by atoms with Gasteiger partial charge in [0.25, 0.3) is 0 Å². The number of aryl methyl sites for hydroxylation is 1. The highest BCUT2D eigenvalue weighted by molar-refractivity contribution is 7.17. The van der Waals surface area contributed by atoms with Crippen molar-refractivity contribution >= 4 is 34.2 Å². The van der Waals surface area contributed by atoms with Crippen LogP contribution in [0, 0.1) is 11.8 Å². The molecule has 1 heterocycles. The van der Waals surface area contributed by atoms with E-state index in [0.29, 0.717) is 23.4 Å². The predicted octanol–water partition coefficient (Wildman–Crippen LogP) is 4.80. The van der Waals surface area contributed by atoms with Gasteiger partial charge in [0, 0.05) is 4.88 Å². The van der Waals surface area contributed by atoms with Crippen LogP contribution in [0.15, 0.2) is 0 Å². The number of nitrogens with one attached hydrogen (secondary N) is 1. The van der Waals surface area contributed by atoms with Crippen LogP contribution in [0.1, 0.15) is 85.5 Å². The molecule has 29 heavy (non-hydrogen) atoms. The number of fused-ring (bicyclic) bond motifs is 1. The molecular formula is C22H31NO5S. The topological polar surface area (TPSA) is 92.7 Å². The zero-order valence-electron chi connectivity index (χ0n) is 17.1. The highest BCUT2D eigenvalue weighted by atomic mass is 32.1. The fraction of sp³-hybridized carbons (Fsp3) is 0.682. The summed E-state index contributed by atoms with van der Waals surface area (Å²) in [5.74, 6) is -2.79. The molecule has 0 aliphatic heterocycles. The van der Waals surface area contributed by atoms with E-state index in [0.717, 1.165) is 55.4 Å². The Morgan fingerprint density at radius 3 is 2.34 bits per heavy atom. The summed E-state index contributed by atoms with van der Waals surface area (Å²) in [6.45, 7) is 2.05. The van der Waals surface area contributed by atoms with Crippen molar-refractivity contribution in [2.24, 2.45) is 11.8 Å². The van der Waals surface area contributed by atoms with Crippen LogP contribution in [-0.2, 0) is 27.2 Å². The maximum Gasteiger partial charge on any atom is 0.341 e. The van der Waals surface area contributed by atoms with Crippen LogP contribution in [0.2, 0.25) is 0 Å². The van der Waals surface area contributed by atoms with E-state index in [4.69, 9.17) is 4.74 Å². The molecule has 1 amide bonds. The summed E-state index contributed by atoms with van der Waals surface area (Å²) >= 11 is 1.47. The lowest BCUT2D eigenvalue weighted by Crippen LogP contribution is -2.36. The standard InChI is InChI=1S/C22H31NO5S/c1-2-28-22(27)18-16-12-6-4-3-5-7-13-17(16)29-20(18)23-19(24)14-10-8-9-11-15(14)21(25)26/h14-15H,2-13H2,1H3,(H,23,24)(H,25,26)/t14-,15-/m0/s1. The zero-order valence-corrected chi connectivity index (χ0v) is 17.9. The minimum Gasteiger partial charge on any atom is -0.481 e. The van der Waals surface area contributed by atoms with Gasteiger partial charge in [0.05, 0.1) is 24.0 Å². The Kier molecular flexibility index (Phi) is 7.70. The molecule has 0 unspecified atom stereocenters. The van der Waals surface area contributed by atoms with Gasteiger partial charge in [0.15, 0.2) is 0 Å². The second-order valence-corrected chi connectivity index (χ2v) is 9.13. The van der Waals surface area contributed by atoms with Crippen molar-refractivity contribution in [3.63, 3.8) is 0 Å². The fourth-order valence-corrected chi connectivity index (χ4v) is 5.83. The summed E-state index contributed by atoms with van der Waals surface area (Å²) in [6, 6.07) is 0. The molecule has 2 N–H and O–H groups in total. The second-order valence-electron chi connectivity index (χ2n) is 8.02. The van der Waals surface area contributed by atoms with Gasteiger partial charge in [0.2, 0.25) is 5.91 Å². The van der Waals surface area contributed by atoms with Crippen LogP contribution in [0.25, 0.3) is 0 Å². The number of hydrogen-bond donors (Lipinski definition) is 2. The molecule has 0 bridgehead atoms. The average molecular weight is 422 g/mol. The van der Waals surface area contributed by atoms with E-state index in [9.17, 15) is 19.5 Å². The van der Waals surface area contributed by atoms with Gasteiger partial charge in [0.1, 0.15) is 5.00 Å². The summed E-state index contributed by atoms with van der Waals surface area (Å²) in [4.78, 5) is 38.5. The molecule has 160 valence electrons. The van der Waals surface area contributed by atoms with Crippen molar-refractivity contribution in [2.45, 2.75) is 77.6 Å². The fourth-order valence-electron chi connectivity index (χ4n) is 4.55. The highest BCUT2D eigenvalue weighted by Crippen LogP contribution is 2.39. The van der Waals surface area contributed by atoms with Crippen LogP contribution in [0.5, 0.6) is 0 Å². The number of anilines is 1. The SMILES string of the molecule is CCOC(=O)c1c(NC(=O)[C@H]2CCCC[C@@H]2C(=O)O)sc2c1CCCCCCC2. The Morgan fingerprint density at radius 1 is 1.00 bits per heavy atom. The lowest BCUT2D eigenvalue weighted by Gasteiger charge is -2.27. The predicted molar refractivity (Wildman–Crippen MR) is 112 cm³/mol. The third-order valence-corrected chi connectivity index (χ3v) is 7.26. The third-order valence-electron chi connectivity index (χ3n) is 6.06. The van der Waals surface area contributed by atoms with E-state index in [1.54, 1.807) is 6.92 Å². The maximum atomic E-state index is 13.0. The lowest BCUT2D eigenvalue weighted by atomic mass is 9.79. The maximum absolute atomic E-state index is 13.0. The Bertz CT molecular complexity index is 757. The van der Waals surface area contributed by atoms with Crippen molar-refractivity contribution in [2.75, 3.05) is 11.9 Å². The van der Waals surface area contributed by atoms with Crippen LogP contribution in [0.3, 0.4) is 0 Å². The number of carbonyl (C=O) groups excluding carboxylic acids is 2. The molecule has 1 aromatic rings. The summed E-state index contributed by atoms with van der Waals surface area (Å²) in [6.07, 6.45) is 10.1. The largest absolute Gasteiger partial charge is 0.481 e. The quantitative estimate of drug-likeness (QED) is 0.666. The van der Waals surface area contributed by atoms with Gasteiger partial charge >= 0.3 is 11.9 Å². The zero-order chi connectivity index (χ0) is 20.8. The number of aliphatic carboxylic acids is 1. The van der Waals surface area contributed by atoms with E-state index in [-0.39, 0.29) is 12.5 Å². The van der Waals surface area contributed by atoms with Crippen LogP contribution < -0.4 is 5.32 Å². The monoisotopic (exact) mass is 421 g/mol. The molecule has 0 saturated heterocycles. The van der Waals surface area contributed by atoms with Crippen molar-refractivity contribution in [1.29, 1.82) is 0 Å². The van der Waals surface area contributed by atoms with Gasteiger partial charge in [-0.2, -0.15) is 0 Å². The first-order valence-electron chi connectivity index (χ1n) is 10.9. The van der Waals surface area contributed by atoms with Gasteiger partial charge in [-0.15, -0.1) is 11.3 Å². The summed E-state index contributed by atoms with van der Waals surface area (Å²) in [5, 5.41) is 13.0. The number of ether oxygens (including phenoxy) is 1. The molecule has 0 aromatic carbocycles. The average Bonchev–Trinajstić information content (AvgIpc) is 3.08. The van der Waals surface area contributed by atoms with Crippen LogP contribution >= 0.6 is 11.3 Å². The second kappa shape index (κ2) is 10.2. The van der Waals surface area contributed by atoms with Crippen molar-refractivity contribution in [3.8, 4) is 0 Å². The third kappa shape index (κ3) is 5.18. The molecular weight excluding hydrogens is 390 g/mol. The van der Waals surface area contributed by atoms with E-state index in [1.807, 2.05) is 0 Å². The lowest BCUT2D eigenvalue weighted by molar-refractivity contribution is -0.147. The molecule has 2 aliphatic carbocycles. The summed E-state index contributed by atoms with van der Waals surface area (Å²) < 4.78 is 5.31. The number of thiophene rings is 1. The van der Waals surface area contributed by atoms with E-state index in [1.165, 1.54) is 24.2 Å². The molecule has 1 saturated carbocycles. The molecule has 0 radical (unpaired) electrons. The van der Waals surface area contributed by atoms with Crippen molar-refractivity contribution in [3.05, 3.63) is 16.0 Å². The molecule has 1 aromatic heterocycles. The first-order valence-corrected chi connectivity index (χ1v) is 11.7. The molecule has 6 nitrogen and oxygen atoms in total. The van der Waals surface area contributed by atoms with Crippen molar-refractivity contribution < 1.29 is 24.2 Å². The van der Waals surface area contributed by atoms with Gasteiger partial charge in [-0.05, 0) is 51.0 Å². The first-order chi connectivity index (χ1) is 14.0.